The largest absolute Gasteiger partial charge is 0.493 e. The molecule has 1 aliphatic heterocycles. The van der Waals surface area contributed by atoms with E-state index in [0.717, 1.165) is 24.5 Å². The molecule has 1 unspecified atom stereocenters. The third-order valence-electron chi connectivity index (χ3n) is 4.61. The van der Waals surface area contributed by atoms with Crippen LogP contribution in [0.5, 0.6) is 11.5 Å². The zero-order valence-corrected chi connectivity index (χ0v) is 14.8. The first kappa shape index (κ1) is 18.2. The van der Waals surface area contributed by atoms with Gasteiger partial charge in [0, 0.05) is 18.7 Å². The van der Waals surface area contributed by atoms with Crippen molar-refractivity contribution in [1.29, 1.82) is 0 Å². The van der Waals surface area contributed by atoms with Crippen LogP contribution in [0.1, 0.15) is 35.7 Å². The lowest BCUT2D eigenvalue weighted by atomic mass is 10.1. The molecule has 1 heterocycles. The zero-order valence-electron chi connectivity index (χ0n) is 14.8. The van der Waals surface area contributed by atoms with Crippen molar-refractivity contribution in [3.05, 3.63) is 59.2 Å². The molecule has 0 radical (unpaired) electrons. The number of halogens is 2. The number of amides is 1. The summed E-state index contributed by atoms with van der Waals surface area (Å²) in [6.45, 7) is 2.72. The van der Waals surface area contributed by atoms with Gasteiger partial charge in [-0.15, -0.1) is 0 Å². The summed E-state index contributed by atoms with van der Waals surface area (Å²) in [4.78, 5) is 14.3. The summed E-state index contributed by atoms with van der Waals surface area (Å²) in [6.07, 6.45) is 1.84. The number of nitrogens with zero attached hydrogens (tertiary/aromatic N) is 1. The van der Waals surface area contributed by atoms with Gasteiger partial charge in [0.1, 0.15) is 18.2 Å². The first-order valence-electron chi connectivity index (χ1n) is 8.55. The molecular weight excluding hydrogens is 340 g/mol. The Labute approximate surface area is 151 Å². The Balaban J connectivity index is 1.80. The van der Waals surface area contributed by atoms with Crippen LogP contribution >= 0.6 is 0 Å². The summed E-state index contributed by atoms with van der Waals surface area (Å²) < 4.78 is 38.4. The lowest BCUT2D eigenvalue weighted by Crippen LogP contribution is -2.34. The van der Waals surface area contributed by atoms with E-state index in [0.29, 0.717) is 6.54 Å². The SMILES string of the molecule is COc1cc(C(=O)N2CCCC2C)c(F)cc1OCc1ccc(F)cc1. The van der Waals surface area contributed by atoms with E-state index >= 15 is 0 Å². The van der Waals surface area contributed by atoms with Gasteiger partial charge in [-0.05, 0) is 43.5 Å². The number of carbonyl (C=O) groups is 1. The van der Waals surface area contributed by atoms with Crippen LogP contribution in [-0.4, -0.2) is 30.5 Å². The van der Waals surface area contributed by atoms with E-state index < -0.39 is 5.82 Å². The zero-order chi connectivity index (χ0) is 18.7. The lowest BCUT2D eigenvalue weighted by molar-refractivity contribution is 0.0742. The van der Waals surface area contributed by atoms with Crippen molar-refractivity contribution < 1.29 is 23.0 Å². The first-order chi connectivity index (χ1) is 12.5. The fraction of sp³-hybridized carbons (Fsp3) is 0.350. The molecule has 0 N–H and O–H groups in total. The average Bonchev–Trinajstić information content (AvgIpc) is 3.06. The minimum Gasteiger partial charge on any atom is -0.493 e. The highest BCUT2D eigenvalue weighted by Gasteiger charge is 2.28. The number of methoxy groups -OCH3 is 1. The fourth-order valence-corrected chi connectivity index (χ4v) is 3.10. The number of carbonyl (C=O) groups excluding carboxylic acids is 1. The standard InChI is InChI=1S/C20H21F2NO3/c1-13-4-3-9-23(13)20(24)16-10-18(25-2)19(11-17(16)22)26-12-14-5-7-15(21)8-6-14/h5-8,10-11,13H,3-4,9,12H2,1-2H3. The highest BCUT2D eigenvalue weighted by atomic mass is 19.1. The predicted octanol–water partition coefficient (Wildman–Crippen LogP) is 4.18. The first-order valence-corrected chi connectivity index (χ1v) is 8.55. The Bertz CT molecular complexity index is 792. The van der Waals surface area contributed by atoms with E-state index in [2.05, 4.69) is 0 Å². The minimum absolute atomic E-state index is 0.0234. The molecule has 0 saturated carbocycles. The van der Waals surface area contributed by atoms with Crippen LogP contribution in [-0.2, 0) is 6.61 Å². The number of benzene rings is 2. The van der Waals surface area contributed by atoms with Gasteiger partial charge in [0.25, 0.3) is 5.91 Å². The second-order valence-corrected chi connectivity index (χ2v) is 6.39. The van der Waals surface area contributed by atoms with Crippen LogP contribution in [0.15, 0.2) is 36.4 Å². The molecule has 2 aromatic rings. The molecule has 0 bridgehead atoms. The van der Waals surface area contributed by atoms with Crippen LogP contribution in [0, 0.1) is 11.6 Å². The van der Waals surface area contributed by atoms with Gasteiger partial charge in [-0.1, -0.05) is 12.1 Å². The molecule has 138 valence electrons. The molecule has 2 aromatic carbocycles. The van der Waals surface area contributed by atoms with Crippen molar-refractivity contribution in [2.45, 2.75) is 32.4 Å². The molecule has 0 aromatic heterocycles. The number of rotatable bonds is 5. The molecule has 4 nitrogen and oxygen atoms in total. The van der Waals surface area contributed by atoms with Crippen LogP contribution in [0.4, 0.5) is 8.78 Å². The highest BCUT2D eigenvalue weighted by Crippen LogP contribution is 2.32. The van der Waals surface area contributed by atoms with Gasteiger partial charge in [-0.3, -0.25) is 4.79 Å². The lowest BCUT2D eigenvalue weighted by Gasteiger charge is -2.22. The van der Waals surface area contributed by atoms with Crippen LogP contribution < -0.4 is 9.47 Å². The smallest absolute Gasteiger partial charge is 0.257 e. The topological polar surface area (TPSA) is 38.8 Å². The molecule has 3 rings (SSSR count). The molecule has 1 aliphatic rings. The maximum atomic E-state index is 14.5. The average molecular weight is 361 g/mol. The number of ether oxygens (including phenoxy) is 2. The van der Waals surface area contributed by atoms with Gasteiger partial charge in [-0.25, -0.2) is 8.78 Å². The molecule has 1 fully saturated rings. The summed E-state index contributed by atoms with van der Waals surface area (Å²) in [6, 6.07) is 8.47. The molecule has 0 spiro atoms. The van der Waals surface area contributed by atoms with Crippen molar-refractivity contribution >= 4 is 5.91 Å². The molecule has 26 heavy (non-hydrogen) atoms. The maximum Gasteiger partial charge on any atom is 0.257 e. The van der Waals surface area contributed by atoms with E-state index in [4.69, 9.17) is 9.47 Å². The molecular formula is C20H21F2NO3. The Morgan fingerprint density at radius 1 is 1.19 bits per heavy atom. The molecule has 1 amide bonds. The van der Waals surface area contributed by atoms with Gasteiger partial charge >= 0.3 is 0 Å². The van der Waals surface area contributed by atoms with Crippen molar-refractivity contribution in [2.75, 3.05) is 13.7 Å². The van der Waals surface area contributed by atoms with E-state index in [-0.39, 0.29) is 41.4 Å². The molecule has 6 heteroatoms. The number of likely N-dealkylation sites (tertiary alicyclic amines) is 1. The maximum absolute atomic E-state index is 14.5. The summed E-state index contributed by atoms with van der Waals surface area (Å²) in [5.74, 6) is -0.847. The van der Waals surface area contributed by atoms with E-state index in [1.54, 1.807) is 17.0 Å². The molecule has 0 aliphatic carbocycles. The molecule has 1 saturated heterocycles. The van der Waals surface area contributed by atoms with E-state index in [1.807, 2.05) is 6.92 Å². The van der Waals surface area contributed by atoms with Gasteiger partial charge in [-0.2, -0.15) is 0 Å². The summed E-state index contributed by atoms with van der Waals surface area (Å²) in [5, 5.41) is 0. The van der Waals surface area contributed by atoms with Gasteiger partial charge < -0.3 is 14.4 Å². The van der Waals surface area contributed by atoms with Crippen LogP contribution in [0.2, 0.25) is 0 Å². The van der Waals surface area contributed by atoms with Gasteiger partial charge in [0.15, 0.2) is 11.5 Å². The number of hydrogen-bond acceptors (Lipinski definition) is 3. The van der Waals surface area contributed by atoms with Gasteiger partial charge in [0.05, 0.1) is 12.7 Å². The second-order valence-electron chi connectivity index (χ2n) is 6.39. The van der Waals surface area contributed by atoms with Gasteiger partial charge in [0.2, 0.25) is 0 Å². The summed E-state index contributed by atoms with van der Waals surface area (Å²) in [7, 11) is 1.44. The summed E-state index contributed by atoms with van der Waals surface area (Å²) >= 11 is 0. The quantitative estimate of drug-likeness (QED) is 0.802. The highest BCUT2D eigenvalue weighted by molar-refractivity contribution is 5.95. The Morgan fingerprint density at radius 2 is 1.92 bits per heavy atom. The van der Waals surface area contributed by atoms with Crippen molar-refractivity contribution in [3.63, 3.8) is 0 Å². The van der Waals surface area contributed by atoms with Crippen molar-refractivity contribution in [1.82, 2.24) is 4.90 Å². The predicted molar refractivity (Wildman–Crippen MR) is 93.4 cm³/mol. The van der Waals surface area contributed by atoms with E-state index in [9.17, 15) is 13.6 Å². The van der Waals surface area contributed by atoms with Crippen LogP contribution in [0.3, 0.4) is 0 Å². The van der Waals surface area contributed by atoms with Crippen LogP contribution in [0.25, 0.3) is 0 Å². The number of hydrogen-bond donors (Lipinski definition) is 0. The Kier molecular flexibility index (Phi) is 5.40. The van der Waals surface area contributed by atoms with Crippen molar-refractivity contribution in [3.8, 4) is 11.5 Å². The monoisotopic (exact) mass is 361 g/mol. The third-order valence-corrected chi connectivity index (χ3v) is 4.61. The normalized spacial score (nSPS) is 16.6. The van der Waals surface area contributed by atoms with Crippen molar-refractivity contribution in [2.24, 2.45) is 0 Å². The second kappa shape index (κ2) is 7.72. The minimum atomic E-state index is -0.649. The van der Waals surface area contributed by atoms with E-state index in [1.165, 1.54) is 25.3 Å². The third kappa shape index (κ3) is 3.79. The summed E-state index contributed by atoms with van der Waals surface area (Å²) in [5.41, 5.74) is 0.713. The Hall–Kier alpha value is -2.63. The fourth-order valence-electron chi connectivity index (χ4n) is 3.10. The Morgan fingerprint density at radius 3 is 2.54 bits per heavy atom. The molecule has 1 atom stereocenters.